The largest absolute Gasteiger partial charge is 0.477 e. The van der Waals surface area contributed by atoms with Crippen LogP contribution in [0, 0.1) is 0 Å². The van der Waals surface area contributed by atoms with Crippen molar-refractivity contribution >= 4 is 23.4 Å². The van der Waals surface area contributed by atoms with Crippen LogP contribution in [-0.2, 0) is 4.79 Å². The zero-order valence-electron chi connectivity index (χ0n) is 14.7. The van der Waals surface area contributed by atoms with E-state index < -0.39 is 5.97 Å². The van der Waals surface area contributed by atoms with Gasteiger partial charge in [-0.25, -0.2) is 9.78 Å². The molecule has 1 fully saturated rings. The van der Waals surface area contributed by atoms with Crippen LogP contribution in [0.3, 0.4) is 0 Å². The molecule has 8 heteroatoms. The average molecular weight is 345 g/mol. The monoisotopic (exact) mass is 345 g/mol. The molecule has 3 N–H and O–H groups in total. The molecule has 25 heavy (non-hydrogen) atoms. The molecule has 134 valence electrons. The second-order valence-electron chi connectivity index (χ2n) is 5.89. The third kappa shape index (κ3) is 4.14. The summed E-state index contributed by atoms with van der Waals surface area (Å²) in [5.41, 5.74) is 7.33. The highest BCUT2D eigenvalue weighted by molar-refractivity contribution is 6.07. The van der Waals surface area contributed by atoms with Crippen molar-refractivity contribution in [1.29, 1.82) is 0 Å². The average Bonchev–Trinajstić information content (AvgIpc) is 2.61. The minimum Gasteiger partial charge on any atom is -0.477 e. The molecule has 2 heterocycles. The normalized spacial score (nSPS) is 18.2. The number of hydrogen-bond donors (Lipinski definition) is 2. The van der Waals surface area contributed by atoms with Crippen molar-refractivity contribution < 1.29 is 14.7 Å². The van der Waals surface area contributed by atoms with E-state index in [1.165, 1.54) is 11.1 Å². The fraction of sp³-hybridized carbons (Fsp3) is 0.412. The number of nitrogens with two attached hydrogens (primary N) is 1. The number of aromatic nitrogens is 1. The molecule has 0 aliphatic carbocycles. The summed E-state index contributed by atoms with van der Waals surface area (Å²) in [6.07, 6.45) is 2.12. The summed E-state index contributed by atoms with van der Waals surface area (Å²) in [7, 11) is 3.36. The Morgan fingerprint density at radius 1 is 1.40 bits per heavy atom. The van der Waals surface area contributed by atoms with Crippen molar-refractivity contribution in [3.05, 3.63) is 35.2 Å². The number of hydrogen-bond acceptors (Lipinski definition) is 6. The van der Waals surface area contributed by atoms with E-state index in [1.807, 2.05) is 11.8 Å². The molecular weight excluding hydrogens is 322 g/mol. The summed E-state index contributed by atoms with van der Waals surface area (Å²) >= 11 is 0. The summed E-state index contributed by atoms with van der Waals surface area (Å²) in [5, 5.41) is 9.21. The van der Waals surface area contributed by atoms with Crippen molar-refractivity contribution in [2.45, 2.75) is 13.3 Å². The van der Waals surface area contributed by atoms with Crippen molar-refractivity contribution in [2.24, 2.45) is 10.7 Å². The van der Waals surface area contributed by atoms with E-state index >= 15 is 0 Å². The van der Waals surface area contributed by atoms with Crippen LogP contribution in [0.4, 0.5) is 5.82 Å². The maximum atomic E-state index is 11.9. The number of rotatable bonds is 4. The number of piperidine rings is 1. The van der Waals surface area contributed by atoms with Crippen LogP contribution in [0.5, 0.6) is 0 Å². The van der Waals surface area contributed by atoms with Crippen molar-refractivity contribution in [3.8, 4) is 0 Å². The molecule has 1 aliphatic rings. The van der Waals surface area contributed by atoms with Gasteiger partial charge in [-0.05, 0) is 19.1 Å². The number of carboxylic acids is 1. The van der Waals surface area contributed by atoms with E-state index in [0.717, 1.165) is 5.71 Å². The van der Waals surface area contributed by atoms with Gasteiger partial charge in [0.1, 0.15) is 11.5 Å². The summed E-state index contributed by atoms with van der Waals surface area (Å²) in [6, 6.07) is 3.47. The van der Waals surface area contributed by atoms with E-state index in [0.29, 0.717) is 43.0 Å². The van der Waals surface area contributed by atoms with Gasteiger partial charge >= 0.3 is 5.97 Å². The highest BCUT2D eigenvalue weighted by atomic mass is 16.4. The Labute approximate surface area is 146 Å². The predicted molar refractivity (Wildman–Crippen MR) is 95.9 cm³/mol. The molecule has 1 aliphatic heterocycles. The molecule has 2 rings (SSSR count). The maximum absolute atomic E-state index is 11.9. The number of carboxylic acid groups (broad SMARTS) is 1. The van der Waals surface area contributed by atoms with Crippen LogP contribution in [0.2, 0.25) is 0 Å². The van der Waals surface area contributed by atoms with Gasteiger partial charge in [-0.3, -0.25) is 9.79 Å². The molecule has 0 atom stereocenters. The third-order valence-electron chi connectivity index (χ3n) is 3.95. The first-order valence-corrected chi connectivity index (χ1v) is 8.03. The van der Waals surface area contributed by atoms with Crippen molar-refractivity contribution in [3.63, 3.8) is 0 Å². The molecule has 1 aromatic heterocycles. The van der Waals surface area contributed by atoms with Crippen LogP contribution < -0.4 is 10.6 Å². The lowest BCUT2D eigenvalue weighted by atomic mass is 9.99. The number of nitrogens with zero attached hydrogens (tertiary/aromatic N) is 4. The smallest absolute Gasteiger partial charge is 0.352 e. The highest BCUT2D eigenvalue weighted by Gasteiger charge is 2.25. The SMILES string of the molecule is CCN=C1CCN(c2ccc(C(=O)N(C)C)cn2)C/C1=C(/N)C(=O)O. The van der Waals surface area contributed by atoms with Gasteiger partial charge in [-0.15, -0.1) is 0 Å². The Bertz CT molecular complexity index is 722. The first kappa shape index (κ1) is 18.4. The van der Waals surface area contributed by atoms with Crippen molar-refractivity contribution in [1.82, 2.24) is 9.88 Å². The Morgan fingerprint density at radius 3 is 2.64 bits per heavy atom. The fourth-order valence-electron chi connectivity index (χ4n) is 2.64. The lowest BCUT2D eigenvalue weighted by molar-refractivity contribution is -0.132. The molecule has 1 aromatic rings. The van der Waals surface area contributed by atoms with Gasteiger partial charge in [0, 0.05) is 57.6 Å². The zero-order chi connectivity index (χ0) is 18.6. The molecule has 0 aromatic carbocycles. The van der Waals surface area contributed by atoms with Crippen LogP contribution >= 0.6 is 0 Å². The van der Waals surface area contributed by atoms with Crippen LogP contribution in [0.15, 0.2) is 34.6 Å². The minimum atomic E-state index is -1.15. The Kier molecular flexibility index (Phi) is 5.74. The van der Waals surface area contributed by atoms with Gasteiger partial charge in [-0.2, -0.15) is 0 Å². The van der Waals surface area contributed by atoms with E-state index in [1.54, 1.807) is 26.2 Å². The number of carbonyl (C=O) groups is 2. The van der Waals surface area contributed by atoms with Gasteiger partial charge in [0.15, 0.2) is 0 Å². The minimum absolute atomic E-state index is 0.120. The van der Waals surface area contributed by atoms with Gasteiger partial charge in [-0.1, -0.05) is 0 Å². The van der Waals surface area contributed by atoms with Gasteiger partial charge in [0.2, 0.25) is 0 Å². The summed E-state index contributed by atoms with van der Waals surface area (Å²) in [5.74, 6) is -0.604. The molecule has 0 spiro atoms. The van der Waals surface area contributed by atoms with Crippen LogP contribution in [-0.4, -0.2) is 66.3 Å². The number of anilines is 1. The Hall–Kier alpha value is -2.90. The first-order chi connectivity index (χ1) is 11.8. The molecular formula is C17H23N5O3. The summed E-state index contributed by atoms with van der Waals surface area (Å²) in [4.78, 5) is 35.3. The van der Waals surface area contributed by atoms with Gasteiger partial charge < -0.3 is 20.6 Å². The standard InChI is InChI=1S/C17H23N5O3/c1-4-19-13-7-8-22(10-12(13)15(18)17(24)25)14-6-5-11(9-20-14)16(23)21(2)3/h5-6,9H,4,7-8,10,18H2,1-3H3,(H,24,25)/b15-12-,19-13?. The number of pyridine rings is 1. The molecule has 1 saturated heterocycles. The summed E-state index contributed by atoms with van der Waals surface area (Å²) in [6.45, 7) is 3.45. The zero-order valence-corrected chi connectivity index (χ0v) is 14.7. The molecule has 8 nitrogen and oxygen atoms in total. The highest BCUT2D eigenvalue weighted by Crippen LogP contribution is 2.21. The first-order valence-electron chi connectivity index (χ1n) is 8.03. The number of aliphatic imine (C=N–C) groups is 1. The van der Waals surface area contributed by atoms with E-state index in [-0.39, 0.29) is 11.6 Å². The Morgan fingerprint density at radius 2 is 2.12 bits per heavy atom. The molecule has 0 unspecified atom stereocenters. The van der Waals surface area contributed by atoms with Crippen LogP contribution in [0.1, 0.15) is 23.7 Å². The van der Waals surface area contributed by atoms with Crippen LogP contribution in [0.25, 0.3) is 0 Å². The van der Waals surface area contributed by atoms with Gasteiger partial charge in [0.05, 0.1) is 5.56 Å². The number of amides is 1. The van der Waals surface area contributed by atoms with E-state index in [4.69, 9.17) is 5.73 Å². The predicted octanol–water partition coefficient (Wildman–Crippen LogP) is 0.752. The Balaban J connectivity index is 2.27. The third-order valence-corrected chi connectivity index (χ3v) is 3.95. The van der Waals surface area contributed by atoms with E-state index in [9.17, 15) is 14.7 Å². The van der Waals surface area contributed by atoms with Crippen molar-refractivity contribution in [2.75, 3.05) is 38.6 Å². The van der Waals surface area contributed by atoms with E-state index in [2.05, 4.69) is 9.98 Å². The molecule has 1 amide bonds. The van der Waals surface area contributed by atoms with Gasteiger partial charge in [0.25, 0.3) is 5.91 Å². The second kappa shape index (κ2) is 7.78. The molecule has 0 bridgehead atoms. The summed E-state index contributed by atoms with van der Waals surface area (Å²) < 4.78 is 0. The second-order valence-corrected chi connectivity index (χ2v) is 5.89. The molecule has 0 radical (unpaired) electrons. The fourth-order valence-corrected chi connectivity index (χ4v) is 2.64. The number of carbonyl (C=O) groups excluding carboxylic acids is 1. The molecule has 0 saturated carbocycles. The maximum Gasteiger partial charge on any atom is 0.352 e. The topological polar surface area (TPSA) is 112 Å². The lowest BCUT2D eigenvalue weighted by Gasteiger charge is -2.31. The lowest BCUT2D eigenvalue weighted by Crippen LogP contribution is -2.39. The quantitative estimate of drug-likeness (QED) is 0.779. The number of aliphatic carboxylic acids is 1.